The number of aryl methyl sites for hydroxylation is 1. The van der Waals surface area contributed by atoms with Crippen molar-refractivity contribution in [2.24, 2.45) is 0 Å². The summed E-state index contributed by atoms with van der Waals surface area (Å²) in [6.45, 7) is 12.8. The van der Waals surface area contributed by atoms with Crippen LogP contribution in [0.5, 0.6) is 11.5 Å². The summed E-state index contributed by atoms with van der Waals surface area (Å²) >= 11 is 0. The second kappa shape index (κ2) is 12.2. The minimum absolute atomic E-state index is 0.274. The maximum absolute atomic E-state index is 11.2. The van der Waals surface area contributed by atoms with Gasteiger partial charge in [0, 0.05) is 36.0 Å². The molecule has 0 amide bonds. The number of benzene rings is 4. The summed E-state index contributed by atoms with van der Waals surface area (Å²) in [5.41, 5.74) is 9.01. The van der Waals surface area contributed by atoms with Crippen LogP contribution < -0.4 is 9.64 Å². The molecule has 0 saturated heterocycles. The summed E-state index contributed by atoms with van der Waals surface area (Å²) in [4.78, 5) is 2.40. The fourth-order valence-electron chi connectivity index (χ4n) is 5.18. The van der Waals surface area contributed by atoms with Gasteiger partial charge in [-0.25, -0.2) is 0 Å². The number of nitrogens with zero attached hydrogens (tertiary/aromatic N) is 1. The van der Waals surface area contributed by atoms with Crippen LogP contribution in [0.15, 0.2) is 84.9 Å². The lowest BCUT2D eigenvalue weighted by molar-refractivity contribution is 0.313. The van der Waals surface area contributed by atoms with Gasteiger partial charge in [-0.2, -0.15) is 0 Å². The molecule has 3 nitrogen and oxygen atoms in total. The Balaban J connectivity index is 1.50. The van der Waals surface area contributed by atoms with E-state index in [4.69, 9.17) is 4.74 Å². The second-order valence-electron chi connectivity index (χ2n) is 10.8. The third kappa shape index (κ3) is 6.05. The van der Waals surface area contributed by atoms with Crippen LogP contribution in [0.2, 0.25) is 0 Å². The second-order valence-corrected chi connectivity index (χ2v) is 10.8. The lowest BCUT2D eigenvalue weighted by Crippen LogP contribution is -2.24. The van der Waals surface area contributed by atoms with Gasteiger partial charge in [0.15, 0.2) is 0 Å². The monoisotopic (exact) mass is 507 g/mol. The first-order valence-electron chi connectivity index (χ1n) is 13.7. The molecule has 0 radical (unpaired) electrons. The minimum Gasteiger partial charge on any atom is -0.507 e. The third-order valence-electron chi connectivity index (χ3n) is 7.13. The molecule has 4 aromatic rings. The molecule has 1 N–H and O–H groups in total. The molecular weight excluding hydrogens is 466 g/mol. The van der Waals surface area contributed by atoms with E-state index in [1.54, 1.807) is 0 Å². The van der Waals surface area contributed by atoms with Gasteiger partial charge in [0.2, 0.25) is 0 Å². The van der Waals surface area contributed by atoms with E-state index in [0.29, 0.717) is 18.4 Å². The Morgan fingerprint density at radius 3 is 1.97 bits per heavy atom. The molecule has 0 spiro atoms. The van der Waals surface area contributed by atoms with E-state index >= 15 is 0 Å². The summed E-state index contributed by atoms with van der Waals surface area (Å²) in [5, 5.41) is 11.2. The number of phenols is 1. The molecule has 0 fully saturated rings. The largest absolute Gasteiger partial charge is 0.507 e. The maximum Gasteiger partial charge on any atom is 0.131 e. The van der Waals surface area contributed by atoms with Crippen molar-refractivity contribution in [3.63, 3.8) is 0 Å². The quantitative estimate of drug-likeness (QED) is 0.217. The van der Waals surface area contributed by atoms with Gasteiger partial charge in [0.1, 0.15) is 11.5 Å². The highest BCUT2D eigenvalue weighted by atomic mass is 16.5. The molecule has 0 bridgehead atoms. The Hall–Kier alpha value is -3.72. The Morgan fingerprint density at radius 1 is 0.737 bits per heavy atom. The van der Waals surface area contributed by atoms with Crippen LogP contribution in [0.4, 0.5) is 5.69 Å². The van der Waals surface area contributed by atoms with E-state index < -0.39 is 0 Å². The molecule has 4 aromatic carbocycles. The fraction of sp³-hybridized carbons (Fsp3) is 0.314. The minimum atomic E-state index is 0.274. The zero-order chi connectivity index (χ0) is 27.2. The Morgan fingerprint density at radius 2 is 1.32 bits per heavy atom. The van der Waals surface area contributed by atoms with E-state index in [1.165, 1.54) is 22.4 Å². The summed E-state index contributed by atoms with van der Waals surface area (Å²) in [6, 6.07) is 28.5. The van der Waals surface area contributed by atoms with E-state index in [-0.39, 0.29) is 5.75 Å². The van der Waals surface area contributed by atoms with Gasteiger partial charge in [-0.1, -0.05) is 112 Å². The van der Waals surface area contributed by atoms with Crippen LogP contribution >= 0.6 is 0 Å². The van der Waals surface area contributed by atoms with Gasteiger partial charge >= 0.3 is 0 Å². The molecule has 38 heavy (non-hydrogen) atoms. The van der Waals surface area contributed by atoms with Crippen LogP contribution in [0.3, 0.4) is 0 Å². The van der Waals surface area contributed by atoms with Crippen molar-refractivity contribution < 1.29 is 9.84 Å². The SMILES string of the molecule is Cc1cc(C(C)C)c(N(C)CCCOc2ccccc2-c2cccc(-c3ccccc3)c2O)c(C(C)C)c1. The number of aromatic hydroxyl groups is 1. The van der Waals surface area contributed by atoms with Gasteiger partial charge in [0.25, 0.3) is 0 Å². The highest BCUT2D eigenvalue weighted by molar-refractivity contribution is 5.84. The number of hydrogen-bond donors (Lipinski definition) is 1. The predicted octanol–water partition coefficient (Wildman–Crippen LogP) is 9.19. The van der Waals surface area contributed by atoms with Crippen LogP contribution in [0.1, 0.15) is 62.6 Å². The first kappa shape index (κ1) is 27.3. The van der Waals surface area contributed by atoms with E-state index in [9.17, 15) is 5.11 Å². The zero-order valence-corrected chi connectivity index (χ0v) is 23.7. The highest BCUT2D eigenvalue weighted by Gasteiger charge is 2.19. The average molecular weight is 508 g/mol. The van der Waals surface area contributed by atoms with E-state index in [0.717, 1.165) is 41.0 Å². The molecule has 0 unspecified atom stereocenters. The molecule has 4 rings (SSSR count). The average Bonchev–Trinajstić information content (AvgIpc) is 2.91. The fourth-order valence-corrected chi connectivity index (χ4v) is 5.18. The molecule has 0 aliphatic carbocycles. The van der Waals surface area contributed by atoms with Crippen molar-refractivity contribution in [1.82, 2.24) is 0 Å². The van der Waals surface area contributed by atoms with Crippen LogP contribution in [0, 0.1) is 6.92 Å². The van der Waals surface area contributed by atoms with Crippen LogP contribution in [-0.2, 0) is 0 Å². The number of rotatable bonds is 10. The summed E-state index contributed by atoms with van der Waals surface area (Å²) < 4.78 is 6.32. The Bertz CT molecular complexity index is 1330. The summed E-state index contributed by atoms with van der Waals surface area (Å²) in [7, 11) is 2.20. The van der Waals surface area contributed by atoms with Crippen molar-refractivity contribution in [2.75, 3.05) is 25.1 Å². The van der Waals surface area contributed by atoms with Gasteiger partial charge in [-0.15, -0.1) is 0 Å². The standard InChI is InChI=1S/C35H41NO2/c1-24(2)31-22-26(5)23-32(25(3)4)34(31)36(6)20-13-21-38-33-19-11-10-16-29(33)30-18-12-17-28(35(30)37)27-14-8-7-9-15-27/h7-12,14-19,22-25,37H,13,20-21H2,1-6H3. The predicted molar refractivity (Wildman–Crippen MR) is 162 cm³/mol. The van der Waals surface area contributed by atoms with Crippen LogP contribution in [0.25, 0.3) is 22.3 Å². The van der Waals surface area contributed by atoms with Crippen molar-refractivity contribution >= 4 is 5.69 Å². The topological polar surface area (TPSA) is 32.7 Å². The Labute approximate surface area is 228 Å². The molecule has 198 valence electrons. The Kier molecular flexibility index (Phi) is 8.78. The molecule has 0 aliphatic heterocycles. The van der Waals surface area contributed by atoms with Gasteiger partial charge in [0.05, 0.1) is 6.61 Å². The normalized spacial score (nSPS) is 11.3. The number of phenolic OH excluding ortho intramolecular Hbond substituents is 1. The van der Waals surface area contributed by atoms with Crippen molar-refractivity contribution in [3.05, 3.63) is 102 Å². The number of hydrogen-bond acceptors (Lipinski definition) is 3. The molecule has 0 aliphatic rings. The van der Waals surface area contributed by atoms with E-state index in [1.807, 2.05) is 72.8 Å². The maximum atomic E-state index is 11.2. The first-order chi connectivity index (χ1) is 18.3. The molecule has 0 aromatic heterocycles. The van der Waals surface area contributed by atoms with Crippen molar-refractivity contribution in [1.29, 1.82) is 0 Å². The summed E-state index contributed by atoms with van der Waals surface area (Å²) in [6.07, 6.45) is 0.893. The van der Waals surface area contributed by atoms with Gasteiger partial charge in [-0.3, -0.25) is 0 Å². The summed E-state index contributed by atoms with van der Waals surface area (Å²) in [5.74, 6) is 1.99. The lowest BCUT2D eigenvalue weighted by Gasteiger charge is -2.29. The number of ether oxygens (including phenoxy) is 1. The smallest absolute Gasteiger partial charge is 0.131 e. The molecular formula is C35H41NO2. The highest BCUT2D eigenvalue weighted by Crippen LogP contribution is 2.41. The number of anilines is 1. The van der Waals surface area contributed by atoms with Crippen LogP contribution in [-0.4, -0.2) is 25.3 Å². The number of para-hydroxylation sites is 2. The molecule has 0 saturated carbocycles. The van der Waals surface area contributed by atoms with Gasteiger partial charge in [-0.05, 0) is 47.9 Å². The first-order valence-corrected chi connectivity index (χ1v) is 13.7. The third-order valence-corrected chi connectivity index (χ3v) is 7.13. The van der Waals surface area contributed by atoms with Crippen molar-refractivity contribution in [3.8, 4) is 33.8 Å². The molecule has 0 atom stereocenters. The van der Waals surface area contributed by atoms with Crippen molar-refractivity contribution in [2.45, 2.75) is 52.9 Å². The molecule has 0 heterocycles. The van der Waals surface area contributed by atoms with E-state index in [2.05, 4.69) is 58.7 Å². The zero-order valence-electron chi connectivity index (χ0n) is 23.7. The lowest BCUT2D eigenvalue weighted by atomic mass is 9.90. The van der Waals surface area contributed by atoms with Gasteiger partial charge < -0.3 is 14.7 Å². The molecule has 3 heteroatoms.